The highest BCUT2D eigenvalue weighted by Crippen LogP contribution is 2.16. The molecule has 0 aromatic heterocycles. The lowest BCUT2D eigenvalue weighted by molar-refractivity contribution is 0.483. The minimum Gasteiger partial charge on any atom is -0.282 e. The van der Waals surface area contributed by atoms with Crippen molar-refractivity contribution in [3.63, 3.8) is 0 Å². The Kier molecular flexibility index (Phi) is 2.57. The van der Waals surface area contributed by atoms with Crippen LogP contribution in [0.25, 0.3) is 0 Å². The van der Waals surface area contributed by atoms with E-state index in [4.69, 9.17) is 4.55 Å². The van der Waals surface area contributed by atoms with Crippen molar-refractivity contribution >= 4 is 21.9 Å². The van der Waals surface area contributed by atoms with E-state index in [1.54, 1.807) is 0 Å². The third kappa shape index (κ3) is 2.48. The van der Waals surface area contributed by atoms with Gasteiger partial charge in [-0.25, -0.2) is 4.79 Å². The first-order valence-electron chi connectivity index (χ1n) is 3.19. The Morgan fingerprint density at radius 2 is 2.08 bits per heavy atom. The maximum Gasteiger partial charge on any atom is 0.294 e. The van der Waals surface area contributed by atoms with Crippen LogP contribution in [0.15, 0.2) is 34.2 Å². The van der Waals surface area contributed by atoms with Gasteiger partial charge >= 0.3 is 0 Å². The van der Waals surface area contributed by atoms with E-state index in [0.717, 1.165) is 6.07 Å². The molecule has 6 heteroatoms. The number of rotatable bonds is 2. The van der Waals surface area contributed by atoms with Gasteiger partial charge in [0.25, 0.3) is 10.1 Å². The molecule has 68 valence electrons. The van der Waals surface area contributed by atoms with Crippen molar-refractivity contribution < 1.29 is 17.8 Å². The molecule has 0 bridgehead atoms. The average molecular weight is 199 g/mol. The van der Waals surface area contributed by atoms with Crippen molar-refractivity contribution in [3.8, 4) is 0 Å². The Morgan fingerprint density at radius 1 is 1.38 bits per heavy atom. The maximum absolute atomic E-state index is 10.6. The zero-order valence-corrected chi connectivity index (χ0v) is 7.15. The third-order valence-corrected chi connectivity index (χ3v) is 2.14. The van der Waals surface area contributed by atoms with Crippen molar-refractivity contribution in [2.75, 3.05) is 0 Å². The van der Waals surface area contributed by atoms with Crippen molar-refractivity contribution in [2.45, 2.75) is 4.90 Å². The molecule has 1 N–H and O–H groups in total. The van der Waals surface area contributed by atoms with Gasteiger partial charge in [0, 0.05) is 0 Å². The van der Waals surface area contributed by atoms with Gasteiger partial charge in [-0.3, -0.25) is 4.55 Å². The smallest absolute Gasteiger partial charge is 0.282 e. The fourth-order valence-corrected chi connectivity index (χ4v) is 1.29. The van der Waals surface area contributed by atoms with Gasteiger partial charge in [-0.15, -0.1) is 0 Å². The monoisotopic (exact) mass is 199 g/mol. The zero-order chi connectivity index (χ0) is 9.90. The number of nitrogens with zero attached hydrogens (tertiary/aromatic N) is 1. The van der Waals surface area contributed by atoms with Crippen LogP contribution in [0.1, 0.15) is 0 Å². The first-order valence-corrected chi connectivity index (χ1v) is 4.63. The number of isocyanates is 1. The van der Waals surface area contributed by atoms with E-state index in [9.17, 15) is 13.2 Å². The highest BCUT2D eigenvalue weighted by Gasteiger charge is 2.08. The van der Waals surface area contributed by atoms with Crippen LogP contribution in [0.2, 0.25) is 0 Å². The molecule has 1 aromatic rings. The number of carbonyl (C=O) groups excluding carboxylic acids is 1. The summed E-state index contributed by atoms with van der Waals surface area (Å²) in [4.78, 5) is 12.7. The van der Waals surface area contributed by atoms with Gasteiger partial charge < -0.3 is 0 Å². The molecule has 0 amide bonds. The normalized spacial score (nSPS) is 10.5. The van der Waals surface area contributed by atoms with E-state index in [1.165, 1.54) is 24.3 Å². The SMILES string of the molecule is O=C=Nc1cccc(S(=O)(=O)O)c1. The zero-order valence-electron chi connectivity index (χ0n) is 6.34. The van der Waals surface area contributed by atoms with Gasteiger partial charge in [-0.2, -0.15) is 13.4 Å². The lowest BCUT2D eigenvalue weighted by Gasteiger charge is -1.95. The molecule has 0 fully saturated rings. The Balaban J connectivity index is 3.28. The molecule has 1 rings (SSSR count). The number of hydrogen-bond acceptors (Lipinski definition) is 4. The van der Waals surface area contributed by atoms with Crippen LogP contribution in [0.4, 0.5) is 5.69 Å². The van der Waals surface area contributed by atoms with Crippen LogP contribution in [0.3, 0.4) is 0 Å². The van der Waals surface area contributed by atoms with E-state index >= 15 is 0 Å². The molecule has 13 heavy (non-hydrogen) atoms. The van der Waals surface area contributed by atoms with Gasteiger partial charge in [0.2, 0.25) is 6.08 Å². The molecule has 0 unspecified atom stereocenters. The second-order valence-electron chi connectivity index (χ2n) is 2.18. The molecule has 0 heterocycles. The molecule has 0 saturated heterocycles. The molecular formula is C7H5NO4S. The lowest BCUT2D eigenvalue weighted by atomic mass is 10.3. The predicted octanol–water partition coefficient (Wildman–Crippen LogP) is 0.901. The second-order valence-corrected chi connectivity index (χ2v) is 3.60. The Bertz CT molecular complexity index is 459. The first-order chi connectivity index (χ1) is 6.04. The van der Waals surface area contributed by atoms with Crippen molar-refractivity contribution in [3.05, 3.63) is 24.3 Å². The fraction of sp³-hybridized carbons (Fsp3) is 0. The molecular weight excluding hydrogens is 194 g/mol. The minimum atomic E-state index is -4.23. The lowest BCUT2D eigenvalue weighted by Crippen LogP contribution is -1.96. The second kappa shape index (κ2) is 3.49. The van der Waals surface area contributed by atoms with Gasteiger partial charge in [0.05, 0.1) is 10.6 Å². The summed E-state index contributed by atoms with van der Waals surface area (Å²) in [5.74, 6) is 0. The van der Waals surface area contributed by atoms with Crippen LogP contribution in [-0.2, 0) is 14.9 Å². The van der Waals surface area contributed by atoms with Gasteiger partial charge in [0.15, 0.2) is 0 Å². The van der Waals surface area contributed by atoms with E-state index < -0.39 is 10.1 Å². The highest BCUT2D eigenvalue weighted by molar-refractivity contribution is 7.85. The first kappa shape index (κ1) is 9.60. The van der Waals surface area contributed by atoms with E-state index in [2.05, 4.69) is 4.99 Å². The largest absolute Gasteiger partial charge is 0.294 e. The van der Waals surface area contributed by atoms with Crippen LogP contribution >= 0.6 is 0 Å². The van der Waals surface area contributed by atoms with Crippen LogP contribution in [0, 0.1) is 0 Å². The summed E-state index contributed by atoms with van der Waals surface area (Å²) >= 11 is 0. The van der Waals surface area contributed by atoms with Gasteiger partial charge in [-0.05, 0) is 18.2 Å². The molecule has 5 nitrogen and oxygen atoms in total. The third-order valence-electron chi connectivity index (χ3n) is 1.29. The maximum atomic E-state index is 10.6. The Morgan fingerprint density at radius 3 is 2.62 bits per heavy atom. The minimum absolute atomic E-state index is 0.130. The summed E-state index contributed by atoms with van der Waals surface area (Å²) in [6.45, 7) is 0. The molecule has 0 aliphatic rings. The predicted molar refractivity (Wildman–Crippen MR) is 44.0 cm³/mol. The molecule has 0 aliphatic heterocycles. The quantitative estimate of drug-likeness (QED) is 0.435. The molecule has 0 aliphatic carbocycles. The number of benzene rings is 1. The molecule has 0 spiro atoms. The van der Waals surface area contributed by atoms with Gasteiger partial charge in [0.1, 0.15) is 0 Å². The van der Waals surface area contributed by atoms with Crippen LogP contribution in [-0.4, -0.2) is 19.1 Å². The summed E-state index contributed by atoms with van der Waals surface area (Å²) in [6.07, 6.45) is 1.26. The van der Waals surface area contributed by atoms with Crippen molar-refractivity contribution in [1.82, 2.24) is 0 Å². The van der Waals surface area contributed by atoms with E-state index in [0.29, 0.717) is 0 Å². The average Bonchev–Trinajstić information content (AvgIpc) is 2.04. The van der Waals surface area contributed by atoms with Crippen molar-refractivity contribution in [1.29, 1.82) is 0 Å². The summed E-state index contributed by atoms with van der Waals surface area (Å²) in [6, 6.07) is 5.04. The van der Waals surface area contributed by atoms with Crippen LogP contribution in [0.5, 0.6) is 0 Å². The van der Waals surface area contributed by atoms with E-state index in [1.807, 2.05) is 0 Å². The highest BCUT2D eigenvalue weighted by atomic mass is 32.2. The van der Waals surface area contributed by atoms with Crippen LogP contribution < -0.4 is 0 Å². The van der Waals surface area contributed by atoms with Gasteiger partial charge in [-0.1, -0.05) is 6.07 Å². The Hall–Kier alpha value is -1.49. The summed E-state index contributed by atoms with van der Waals surface area (Å²) in [5, 5.41) is 0. The summed E-state index contributed by atoms with van der Waals surface area (Å²) in [7, 11) is -4.23. The Labute approximate surface area is 74.5 Å². The topological polar surface area (TPSA) is 83.8 Å². The molecule has 0 radical (unpaired) electrons. The number of hydrogen-bond donors (Lipinski definition) is 1. The van der Waals surface area contributed by atoms with E-state index in [-0.39, 0.29) is 10.6 Å². The standard InChI is InChI=1S/C7H5NO4S/c9-5-8-6-2-1-3-7(4-6)13(10,11)12/h1-4H,(H,10,11,12). The summed E-state index contributed by atoms with van der Waals surface area (Å²) < 4.78 is 29.8. The van der Waals surface area contributed by atoms with Crippen molar-refractivity contribution in [2.24, 2.45) is 4.99 Å². The molecule has 0 saturated carbocycles. The molecule has 0 atom stereocenters. The molecule has 1 aromatic carbocycles. The number of aliphatic imine (C=N–C) groups is 1. The fourth-order valence-electron chi connectivity index (χ4n) is 0.766. The summed E-state index contributed by atoms with van der Waals surface area (Å²) in [5.41, 5.74) is 0.130.